The highest BCUT2D eigenvalue weighted by molar-refractivity contribution is 6.35. The molecular weight excluding hydrogens is 378 g/mol. The molecular formula is C20H22ClN5O2. The number of rotatable bonds is 5. The van der Waals surface area contributed by atoms with Crippen molar-refractivity contribution < 1.29 is 9.53 Å². The van der Waals surface area contributed by atoms with Crippen molar-refractivity contribution in [2.45, 2.75) is 6.54 Å². The van der Waals surface area contributed by atoms with E-state index in [9.17, 15) is 4.79 Å². The smallest absolute Gasteiger partial charge is 0.274 e. The molecule has 0 aliphatic heterocycles. The Morgan fingerprint density at radius 2 is 2.04 bits per heavy atom. The molecule has 0 aliphatic rings. The summed E-state index contributed by atoms with van der Waals surface area (Å²) in [7, 11) is 5.50. The van der Waals surface area contributed by atoms with E-state index in [0.29, 0.717) is 27.4 Å². The predicted octanol–water partition coefficient (Wildman–Crippen LogP) is 3.35. The summed E-state index contributed by atoms with van der Waals surface area (Å²) in [4.78, 5) is 21.1. The van der Waals surface area contributed by atoms with Crippen LogP contribution in [0.5, 0.6) is 11.5 Å². The molecule has 7 nitrogen and oxygen atoms in total. The van der Waals surface area contributed by atoms with Gasteiger partial charge in [0.2, 0.25) is 0 Å². The Hall–Kier alpha value is -3.03. The van der Waals surface area contributed by atoms with E-state index in [1.165, 1.54) is 7.05 Å². The summed E-state index contributed by atoms with van der Waals surface area (Å²) >= 11 is 6.42. The molecule has 8 heteroatoms. The minimum Gasteiger partial charge on any atom is -0.457 e. The number of para-hydroxylation sites is 1. The number of amides is 1. The summed E-state index contributed by atoms with van der Waals surface area (Å²) in [5, 5.41) is 3.68. The van der Waals surface area contributed by atoms with Crippen LogP contribution in [0.1, 0.15) is 16.1 Å². The Kier molecular flexibility index (Phi) is 5.87. The van der Waals surface area contributed by atoms with Crippen LogP contribution in [-0.2, 0) is 6.54 Å². The largest absolute Gasteiger partial charge is 0.457 e. The van der Waals surface area contributed by atoms with Gasteiger partial charge >= 0.3 is 0 Å². The van der Waals surface area contributed by atoms with Gasteiger partial charge in [0.1, 0.15) is 17.2 Å². The maximum atomic E-state index is 12.2. The van der Waals surface area contributed by atoms with Gasteiger partial charge in [0, 0.05) is 36.7 Å². The maximum Gasteiger partial charge on any atom is 0.274 e. The van der Waals surface area contributed by atoms with Gasteiger partial charge in [-0.05, 0) is 26.2 Å². The number of carbonyl (C=O) groups is 1. The number of ether oxygens (including phenoxy) is 1. The summed E-state index contributed by atoms with van der Waals surface area (Å²) in [6, 6.07) is 13.0. The van der Waals surface area contributed by atoms with Crippen LogP contribution in [0.2, 0.25) is 5.02 Å². The number of hydrogen-bond acceptors (Lipinski definition) is 4. The minimum atomic E-state index is -0.394. The number of aliphatic imine (C=N–C) groups is 1. The van der Waals surface area contributed by atoms with Crippen LogP contribution in [0.15, 0.2) is 47.5 Å². The van der Waals surface area contributed by atoms with E-state index in [0.717, 1.165) is 17.9 Å². The Balaban J connectivity index is 1.91. The van der Waals surface area contributed by atoms with E-state index >= 15 is 0 Å². The third-order valence-electron chi connectivity index (χ3n) is 4.08. The van der Waals surface area contributed by atoms with Gasteiger partial charge in [-0.1, -0.05) is 29.8 Å². The number of aromatic nitrogens is 1. The second kappa shape index (κ2) is 8.33. The number of fused-ring (bicyclic) bond motifs is 1. The molecule has 2 aromatic carbocycles. The maximum absolute atomic E-state index is 12.2. The second-order valence-corrected chi connectivity index (χ2v) is 6.97. The number of hydrogen-bond donors (Lipinski definition) is 3. The average molecular weight is 400 g/mol. The van der Waals surface area contributed by atoms with Gasteiger partial charge < -0.3 is 20.4 Å². The van der Waals surface area contributed by atoms with E-state index in [1.807, 2.05) is 44.4 Å². The van der Waals surface area contributed by atoms with Gasteiger partial charge in [0.15, 0.2) is 5.96 Å². The van der Waals surface area contributed by atoms with Crippen molar-refractivity contribution in [2.24, 2.45) is 10.7 Å². The van der Waals surface area contributed by atoms with Crippen molar-refractivity contribution in [1.82, 2.24) is 15.2 Å². The molecule has 3 aromatic rings. The first kappa shape index (κ1) is 19.7. The van der Waals surface area contributed by atoms with Crippen molar-refractivity contribution in [3.63, 3.8) is 0 Å². The van der Waals surface area contributed by atoms with Gasteiger partial charge in [0.05, 0.1) is 10.5 Å². The van der Waals surface area contributed by atoms with E-state index in [-0.39, 0.29) is 5.96 Å². The molecule has 28 heavy (non-hydrogen) atoms. The van der Waals surface area contributed by atoms with Crippen molar-refractivity contribution >= 4 is 34.4 Å². The van der Waals surface area contributed by atoms with Crippen molar-refractivity contribution in [3.8, 4) is 11.5 Å². The van der Waals surface area contributed by atoms with E-state index in [4.69, 9.17) is 22.1 Å². The standard InChI is InChI=1S/C20H22ClN5O2/c1-23-20(22)25-19(27)17-10-14-15(21)8-13(9-16(14)24-17)28-18-7-5-4-6-12(18)11-26(2)3/h4-10,24H,11H2,1-3H3,(H3,22,23,25,27). The van der Waals surface area contributed by atoms with Crippen LogP contribution in [-0.4, -0.2) is 42.9 Å². The molecule has 1 heterocycles. The molecule has 1 amide bonds. The van der Waals surface area contributed by atoms with Crippen molar-refractivity contribution in [2.75, 3.05) is 21.1 Å². The third-order valence-corrected chi connectivity index (χ3v) is 4.39. The SMILES string of the molecule is CN=C(N)NC(=O)c1cc2c(Cl)cc(Oc3ccccc3CN(C)C)cc2[nH]1. The molecule has 4 N–H and O–H groups in total. The zero-order chi connectivity index (χ0) is 20.3. The monoisotopic (exact) mass is 399 g/mol. The lowest BCUT2D eigenvalue weighted by Crippen LogP contribution is -2.36. The number of halogens is 1. The molecule has 0 spiro atoms. The molecule has 0 unspecified atom stereocenters. The summed E-state index contributed by atoms with van der Waals surface area (Å²) in [6.07, 6.45) is 0. The first-order valence-electron chi connectivity index (χ1n) is 8.63. The highest BCUT2D eigenvalue weighted by Crippen LogP contribution is 2.33. The zero-order valence-corrected chi connectivity index (χ0v) is 16.7. The quantitative estimate of drug-likeness (QED) is 0.453. The summed E-state index contributed by atoms with van der Waals surface area (Å²) in [5.41, 5.74) is 7.62. The van der Waals surface area contributed by atoms with Crippen molar-refractivity contribution in [3.05, 3.63) is 58.7 Å². The lowest BCUT2D eigenvalue weighted by Gasteiger charge is -2.15. The first-order chi connectivity index (χ1) is 13.4. The van der Waals surface area contributed by atoms with E-state index < -0.39 is 5.91 Å². The Morgan fingerprint density at radius 3 is 2.75 bits per heavy atom. The molecule has 0 aliphatic carbocycles. The van der Waals surface area contributed by atoms with Crippen LogP contribution in [0, 0.1) is 0 Å². The molecule has 3 rings (SSSR count). The third kappa shape index (κ3) is 4.44. The number of H-pyrrole nitrogens is 1. The second-order valence-electron chi connectivity index (χ2n) is 6.56. The molecule has 0 fully saturated rings. The van der Waals surface area contributed by atoms with Gasteiger partial charge in [-0.15, -0.1) is 0 Å². The molecule has 146 valence electrons. The van der Waals surface area contributed by atoms with Gasteiger partial charge in [-0.2, -0.15) is 0 Å². The normalized spacial score (nSPS) is 11.8. The van der Waals surface area contributed by atoms with Crippen molar-refractivity contribution in [1.29, 1.82) is 0 Å². The van der Waals surface area contributed by atoms with Crippen LogP contribution < -0.4 is 15.8 Å². The lowest BCUT2D eigenvalue weighted by molar-refractivity contribution is 0.0972. The van der Waals surface area contributed by atoms with Crippen LogP contribution >= 0.6 is 11.6 Å². The Morgan fingerprint density at radius 1 is 1.29 bits per heavy atom. The number of nitrogens with one attached hydrogen (secondary N) is 2. The molecule has 0 atom stereocenters. The molecule has 1 aromatic heterocycles. The average Bonchev–Trinajstić information content (AvgIpc) is 3.08. The zero-order valence-electron chi connectivity index (χ0n) is 15.9. The number of carbonyl (C=O) groups excluding carboxylic acids is 1. The topological polar surface area (TPSA) is 95.7 Å². The van der Waals surface area contributed by atoms with Crippen LogP contribution in [0.25, 0.3) is 10.9 Å². The van der Waals surface area contributed by atoms with Gasteiger partial charge in [0.25, 0.3) is 5.91 Å². The highest BCUT2D eigenvalue weighted by atomic mass is 35.5. The summed E-state index contributed by atoms with van der Waals surface area (Å²) < 4.78 is 6.08. The fourth-order valence-corrected chi connectivity index (χ4v) is 3.05. The number of aromatic amines is 1. The molecule has 0 bridgehead atoms. The molecule has 0 saturated carbocycles. The number of benzene rings is 2. The van der Waals surface area contributed by atoms with Crippen LogP contribution in [0.3, 0.4) is 0 Å². The Labute approximate surface area is 168 Å². The lowest BCUT2D eigenvalue weighted by atomic mass is 10.2. The molecule has 0 radical (unpaired) electrons. The van der Waals surface area contributed by atoms with Gasteiger partial charge in [-0.25, -0.2) is 0 Å². The summed E-state index contributed by atoms with van der Waals surface area (Å²) in [6.45, 7) is 0.749. The van der Waals surface area contributed by atoms with E-state index in [1.54, 1.807) is 12.1 Å². The highest BCUT2D eigenvalue weighted by Gasteiger charge is 2.14. The fourth-order valence-electron chi connectivity index (χ4n) is 2.79. The first-order valence-corrected chi connectivity index (χ1v) is 9.01. The number of nitrogens with zero attached hydrogens (tertiary/aromatic N) is 2. The predicted molar refractivity (Wildman–Crippen MR) is 112 cm³/mol. The number of nitrogens with two attached hydrogens (primary N) is 1. The van der Waals surface area contributed by atoms with Gasteiger partial charge in [-0.3, -0.25) is 15.1 Å². The minimum absolute atomic E-state index is 0.0382. The summed E-state index contributed by atoms with van der Waals surface area (Å²) in [5.74, 6) is 0.973. The fraction of sp³-hybridized carbons (Fsp3) is 0.200. The number of guanidine groups is 1. The van der Waals surface area contributed by atoms with E-state index in [2.05, 4.69) is 20.2 Å². The van der Waals surface area contributed by atoms with Crippen LogP contribution in [0.4, 0.5) is 0 Å². The Bertz CT molecular complexity index is 1040. The molecule has 0 saturated heterocycles.